The molecule has 0 aliphatic rings. The summed E-state index contributed by atoms with van der Waals surface area (Å²) in [7, 11) is 1.64. The molecule has 0 unspecified atom stereocenters. The van der Waals surface area contributed by atoms with E-state index in [4.69, 9.17) is 15.6 Å². The van der Waals surface area contributed by atoms with Crippen LogP contribution in [-0.4, -0.2) is 29.0 Å². The zero-order chi connectivity index (χ0) is 22.0. The molecule has 0 aliphatic carbocycles. The van der Waals surface area contributed by atoms with Crippen molar-refractivity contribution in [1.82, 2.24) is 9.78 Å². The second kappa shape index (κ2) is 8.57. The molecule has 0 radical (unpaired) electrons. The molecule has 0 spiro atoms. The predicted molar refractivity (Wildman–Crippen MR) is 125 cm³/mol. The van der Waals surface area contributed by atoms with Gasteiger partial charge in [0.05, 0.1) is 36.0 Å². The second-order valence-corrected chi connectivity index (χ2v) is 8.22. The van der Waals surface area contributed by atoms with Gasteiger partial charge >= 0.3 is 0 Å². The van der Waals surface area contributed by atoms with Crippen LogP contribution in [0.4, 0.5) is 5.00 Å². The van der Waals surface area contributed by atoms with E-state index in [-0.39, 0.29) is 0 Å². The van der Waals surface area contributed by atoms with E-state index in [0.717, 1.165) is 38.8 Å². The van der Waals surface area contributed by atoms with Crippen molar-refractivity contribution in [2.24, 2.45) is 10.7 Å². The van der Waals surface area contributed by atoms with Crippen LogP contribution in [0.15, 0.2) is 65.7 Å². The van der Waals surface area contributed by atoms with E-state index < -0.39 is 5.91 Å². The Labute approximate surface area is 184 Å². The molecule has 31 heavy (non-hydrogen) atoms. The summed E-state index contributed by atoms with van der Waals surface area (Å²) >= 11 is 1.46. The van der Waals surface area contributed by atoms with E-state index in [1.54, 1.807) is 13.3 Å². The molecule has 0 saturated heterocycles. The van der Waals surface area contributed by atoms with E-state index in [0.29, 0.717) is 10.6 Å². The first-order valence-corrected chi connectivity index (χ1v) is 10.5. The van der Waals surface area contributed by atoms with Gasteiger partial charge in [0.15, 0.2) is 0 Å². The van der Waals surface area contributed by atoms with Crippen LogP contribution < -0.4 is 10.5 Å². The molecule has 0 saturated carbocycles. The number of ether oxygens (including phenoxy) is 1. The minimum atomic E-state index is -0.468. The maximum atomic E-state index is 11.9. The van der Waals surface area contributed by atoms with E-state index in [1.807, 2.05) is 79.2 Å². The zero-order valence-electron chi connectivity index (χ0n) is 17.5. The zero-order valence-corrected chi connectivity index (χ0v) is 18.3. The fourth-order valence-corrected chi connectivity index (χ4v) is 4.29. The Kier molecular flexibility index (Phi) is 5.68. The molecule has 0 fully saturated rings. The number of para-hydroxylation sites is 1. The number of primary amides is 1. The molecule has 1 amide bonds. The van der Waals surface area contributed by atoms with Crippen molar-refractivity contribution in [2.45, 2.75) is 13.8 Å². The second-order valence-electron chi connectivity index (χ2n) is 7.02. The van der Waals surface area contributed by atoms with Gasteiger partial charge in [-0.3, -0.25) is 4.79 Å². The molecule has 6 nitrogen and oxygen atoms in total. The molecular weight excluding hydrogens is 408 g/mol. The lowest BCUT2D eigenvalue weighted by molar-refractivity contribution is 0.100. The molecule has 2 aromatic heterocycles. The number of amides is 1. The number of rotatable bonds is 6. The Bertz CT molecular complexity index is 1250. The number of carbonyl (C=O) groups is 1. The standard InChI is InChI=1S/C24H22N4O2S/c1-15-16(2)31-24(22(15)23(25)29)26-14-19-13-21(17-9-11-20(30-3)12-10-17)27-28(19)18-7-5-4-6-8-18/h4-14H,1-3H3,(H2,25,29). The molecule has 0 atom stereocenters. The SMILES string of the molecule is COc1ccc(-c2cc(C=Nc3sc(C)c(C)c3C(N)=O)n(-c3ccccc3)n2)cc1. The smallest absolute Gasteiger partial charge is 0.252 e. The van der Waals surface area contributed by atoms with Crippen LogP contribution in [0.3, 0.4) is 0 Å². The summed E-state index contributed by atoms with van der Waals surface area (Å²) in [4.78, 5) is 17.6. The largest absolute Gasteiger partial charge is 0.497 e. The van der Waals surface area contributed by atoms with E-state index in [2.05, 4.69) is 4.99 Å². The van der Waals surface area contributed by atoms with Crippen molar-refractivity contribution in [1.29, 1.82) is 0 Å². The number of methoxy groups -OCH3 is 1. The Morgan fingerprint density at radius 1 is 1.13 bits per heavy atom. The first kappa shape index (κ1) is 20.6. The number of hydrogen-bond donors (Lipinski definition) is 1. The summed E-state index contributed by atoms with van der Waals surface area (Å²) in [5.41, 5.74) is 10.4. The highest BCUT2D eigenvalue weighted by Gasteiger charge is 2.17. The Morgan fingerprint density at radius 2 is 1.84 bits per heavy atom. The summed E-state index contributed by atoms with van der Waals surface area (Å²) in [5, 5.41) is 5.40. The Hall–Kier alpha value is -3.71. The van der Waals surface area contributed by atoms with Crippen molar-refractivity contribution in [2.75, 3.05) is 7.11 Å². The van der Waals surface area contributed by atoms with Gasteiger partial charge in [0.2, 0.25) is 0 Å². The normalized spacial score (nSPS) is 11.2. The lowest BCUT2D eigenvalue weighted by Gasteiger charge is -2.04. The average Bonchev–Trinajstić information content (AvgIpc) is 3.34. The highest BCUT2D eigenvalue weighted by Crippen LogP contribution is 2.34. The topological polar surface area (TPSA) is 82.5 Å². The van der Waals surface area contributed by atoms with Gasteiger partial charge in [0.25, 0.3) is 5.91 Å². The van der Waals surface area contributed by atoms with E-state index in [9.17, 15) is 4.79 Å². The molecule has 2 heterocycles. The predicted octanol–water partition coefficient (Wildman–Crippen LogP) is 5.08. The highest BCUT2D eigenvalue weighted by atomic mass is 32.1. The number of aliphatic imine (C=N–C) groups is 1. The van der Waals surface area contributed by atoms with Crippen LogP contribution in [0.2, 0.25) is 0 Å². The molecule has 156 valence electrons. The quantitative estimate of drug-likeness (QED) is 0.433. The number of hydrogen-bond acceptors (Lipinski definition) is 5. The lowest BCUT2D eigenvalue weighted by atomic mass is 10.1. The summed E-state index contributed by atoms with van der Waals surface area (Å²) < 4.78 is 7.08. The van der Waals surface area contributed by atoms with Gasteiger partial charge in [-0.1, -0.05) is 18.2 Å². The molecule has 0 aliphatic heterocycles. The molecule has 0 bridgehead atoms. The van der Waals surface area contributed by atoms with Gasteiger partial charge in [0.1, 0.15) is 10.8 Å². The number of nitrogens with zero attached hydrogens (tertiary/aromatic N) is 3. The van der Waals surface area contributed by atoms with Gasteiger partial charge in [-0.25, -0.2) is 9.67 Å². The third-order valence-corrected chi connectivity index (χ3v) is 6.17. The Balaban J connectivity index is 1.79. The number of nitrogens with two attached hydrogens (primary N) is 1. The first-order chi connectivity index (χ1) is 15.0. The highest BCUT2D eigenvalue weighted by molar-refractivity contribution is 7.16. The molecule has 2 aromatic carbocycles. The molecule has 2 N–H and O–H groups in total. The van der Waals surface area contributed by atoms with E-state index >= 15 is 0 Å². The first-order valence-electron chi connectivity index (χ1n) is 9.71. The van der Waals surface area contributed by atoms with E-state index in [1.165, 1.54) is 11.3 Å². The van der Waals surface area contributed by atoms with Gasteiger partial charge in [-0.2, -0.15) is 5.10 Å². The minimum absolute atomic E-state index is 0.468. The van der Waals surface area contributed by atoms with Crippen molar-refractivity contribution in [3.63, 3.8) is 0 Å². The Morgan fingerprint density at radius 3 is 2.48 bits per heavy atom. The van der Waals surface area contributed by atoms with Crippen molar-refractivity contribution in [3.8, 4) is 22.7 Å². The van der Waals surface area contributed by atoms with Gasteiger partial charge < -0.3 is 10.5 Å². The van der Waals surface area contributed by atoms with Crippen molar-refractivity contribution in [3.05, 3.63) is 82.4 Å². The maximum absolute atomic E-state index is 11.9. The number of thiophene rings is 1. The maximum Gasteiger partial charge on any atom is 0.252 e. The van der Waals surface area contributed by atoms with Crippen LogP contribution in [0.25, 0.3) is 16.9 Å². The third kappa shape index (κ3) is 4.13. The van der Waals surface area contributed by atoms with Gasteiger partial charge in [-0.15, -0.1) is 11.3 Å². The molecule has 7 heteroatoms. The van der Waals surface area contributed by atoms with Gasteiger partial charge in [0, 0.05) is 10.4 Å². The van der Waals surface area contributed by atoms with Crippen LogP contribution in [-0.2, 0) is 0 Å². The number of aryl methyl sites for hydroxylation is 1. The number of carbonyl (C=O) groups excluding carboxylic acids is 1. The van der Waals surface area contributed by atoms with Crippen molar-refractivity contribution >= 4 is 28.5 Å². The number of benzene rings is 2. The summed E-state index contributed by atoms with van der Waals surface area (Å²) in [5.74, 6) is 0.319. The monoisotopic (exact) mass is 430 g/mol. The minimum Gasteiger partial charge on any atom is -0.497 e. The number of aromatic nitrogens is 2. The molecule has 4 rings (SSSR count). The van der Waals surface area contributed by atoms with Gasteiger partial charge in [-0.05, 0) is 61.9 Å². The summed E-state index contributed by atoms with van der Waals surface area (Å²) in [6.07, 6.45) is 1.73. The lowest BCUT2D eigenvalue weighted by Crippen LogP contribution is -2.11. The molecule has 4 aromatic rings. The van der Waals surface area contributed by atoms with Crippen LogP contribution in [0.1, 0.15) is 26.5 Å². The van der Waals surface area contributed by atoms with Crippen LogP contribution in [0, 0.1) is 13.8 Å². The van der Waals surface area contributed by atoms with Crippen molar-refractivity contribution < 1.29 is 9.53 Å². The van der Waals surface area contributed by atoms with Crippen LogP contribution in [0.5, 0.6) is 5.75 Å². The average molecular weight is 431 g/mol. The molecular formula is C24H22N4O2S. The summed E-state index contributed by atoms with van der Waals surface area (Å²) in [6, 6.07) is 19.6. The summed E-state index contributed by atoms with van der Waals surface area (Å²) in [6.45, 7) is 3.85. The fourth-order valence-electron chi connectivity index (χ4n) is 3.28. The third-order valence-electron chi connectivity index (χ3n) is 5.05. The fraction of sp³-hybridized carbons (Fsp3) is 0.125. The van der Waals surface area contributed by atoms with Crippen LogP contribution >= 0.6 is 11.3 Å².